The van der Waals surface area contributed by atoms with Crippen molar-refractivity contribution in [1.82, 2.24) is 10.3 Å². The quantitative estimate of drug-likeness (QED) is 0.699. The number of amides is 1. The Kier molecular flexibility index (Phi) is 5.31. The zero-order valence-electron chi connectivity index (χ0n) is 13.8. The van der Waals surface area contributed by atoms with Crippen molar-refractivity contribution in [2.24, 2.45) is 0 Å². The van der Waals surface area contributed by atoms with E-state index in [2.05, 4.69) is 15.6 Å². The molecule has 1 amide bonds. The van der Waals surface area contributed by atoms with Gasteiger partial charge < -0.3 is 10.6 Å². The van der Waals surface area contributed by atoms with Crippen molar-refractivity contribution in [2.45, 2.75) is 13.5 Å². The second kappa shape index (κ2) is 7.81. The molecule has 0 saturated carbocycles. The first kappa shape index (κ1) is 17.0. The summed E-state index contributed by atoms with van der Waals surface area (Å²) in [6.07, 6.45) is 3.23. The highest BCUT2D eigenvalue weighted by Crippen LogP contribution is 2.26. The SMILES string of the molecule is Cc1c(Cl)cccc1Nc1cncc(C(=O)NCc2ccccc2)c1. The monoisotopic (exact) mass is 351 g/mol. The third-order valence-electron chi connectivity index (χ3n) is 3.84. The Morgan fingerprint density at radius 3 is 2.68 bits per heavy atom. The Hall–Kier alpha value is -2.85. The topological polar surface area (TPSA) is 54.0 Å². The van der Waals surface area contributed by atoms with E-state index >= 15 is 0 Å². The molecule has 0 unspecified atom stereocenters. The van der Waals surface area contributed by atoms with Gasteiger partial charge in [0.05, 0.1) is 17.4 Å². The van der Waals surface area contributed by atoms with Crippen LogP contribution in [0.25, 0.3) is 0 Å². The van der Waals surface area contributed by atoms with E-state index in [4.69, 9.17) is 11.6 Å². The van der Waals surface area contributed by atoms with Gasteiger partial charge in [-0.15, -0.1) is 0 Å². The summed E-state index contributed by atoms with van der Waals surface area (Å²) in [5, 5.41) is 6.84. The zero-order valence-corrected chi connectivity index (χ0v) is 14.5. The molecule has 4 nitrogen and oxygen atoms in total. The molecule has 25 heavy (non-hydrogen) atoms. The van der Waals surface area contributed by atoms with Crippen LogP contribution in [-0.2, 0) is 6.54 Å². The molecule has 0 radical (unpaired) electrons. The van der Waals surface area contributed by atoms with E-state index < -0.39 is 0 Å². The number of pyridine rings is 1. The highest BCUT2D eigenvalue weighted by atomic mass is 35.5. The predicted octanol–water partition coefficient (Wildman–Crippen LogP) is 4.72. The fraction of sp³-hybridized carbons (Fsp3) is 0.100. The minimum absolute atomic E-state index is 0.164. The van der Waals surface area contributed by atoms with E-state index in [-0.39, 0.29) is 5.91 Å². The number of hydrogen-bond acceptors (Lipinski definition) is 3. The summed E-state index contributed by atoms with van der Waals surface area (Å²) in [7, 11) is 0. The van der Waals surface area contributed by atoms with Crippen LogP contribution in [0.2, 0.25) is 5.02 Å². The van der Waals surface area contributed by atoms with Gasteiger partial charge in [0.25, 0.3) is 5.91 Å². The molecule has 0 atom stereocenters. The molecule has 0 fully saturated rings. The molecule has 1 heterocycles. The van der Waals surface area contributed by atoms with Crippen molar-refractivity contribution in [2.75, 3.05) is 5.32 Å². The van der Waals surface area contributed by atoms with Gasteiger partial charge in [0.15, 0.2) is 0 Å². The van der Waals surface area contributed by atoms with Gasteiger partial charge in [-0.2, -0.15) is 0 Å². The van der Waals surface area contributed by atoms with Crippen molar-refractivity contribution in [3.05, 3.63) is 88.7 Å². The fourth-order valence-electron chi connectivity index (χ4n) is 2.41. The number of carbonyl (C=O) groups is 1. The number of rotatable bonds is 5. The first-order valence-electron chi connectivity index (χ1n) is 7.93. The van der Waals surface area contributed by atoms with Gasteiger partial charge in [-0.3, -0.25) is 9.78 Å². The highest BCUT2D eigenvalue weighted by Gasteiger charge is 2.08. The smallest absolute Gasteiger partial charge is 0.253 e. The normalized spacial score (nSPS) is 10.3. The Bertz CT molecular complexity index is 881. The summed E-state index contributed by atoms with van der Waals surface area (Å²) >= 11 is 6.14. The van der Waals surface area contributed by atoms with Crippen LogP contribution >= 0.6 is 11.6 Å². The summed E-state index contributed by atoms with van der Waals surface area (Å²) in [6, 6.07) is 17.2. The first-order valence-corrected chi connectivity index (χ1v) is 8.30. The van der Waals surface area contributed by atoms with Crippen molar-refractivity contribution in [1.29, 1.82) is 0 Å². The van der Waals surface area contributed by atoms with Gasteiger partial charge in [0.1, 0.15) is 0 Å². The molecule has 0 bridgehead atoms. The Morgan fingerprint density at radius 1 is 1.08 bits per heavy atom. The lowest BCUT2D eigenvalue weighted by atomic mass is 10.2. The number of anilines is 2. The van der Waals surface area contributed by atoms with Crippen LogP contribution in [0.15, 0.2) is 67.0 Å². The average molecular weight is 352 g/mol. The molecule has 2 aromatic carbocycles. The van der Waals surface area contributed by atoms with Gasteiger partial charge in [0, 0.05) is 23.5 Å². The average Bonchev–Trinajstić information content (AvgIpc) is 2.64. The molecule has 0 aliphatic heterocycles. The molecule has 1 aromatic heterocycles. The van der Waals surface area contributed by atoms with Crippen molar-refractivity contribution in [3.8, 4) is 0 Å². The molecule has 0 aliphatic rings. The standard InChI is InChI=1S/C20H18ClN3O/c1-14-18(21)8-5-9-19(14)24-17-10-16(12-22-13-17)20(25)23-11-15-6-3-2-4-7-15/h2-10,12-13,24H,11H2,1H3,(H,23,25). The van der Waals surface area contributed by atoms with E-state index in [0.29, 0.717) is 17.1 Å². The maximum absolute atomic E-state index is 12.3. The van der Waals surface area contributed by atoms with Gasteiger partial charge in [-0.25, -0.2) is 0 Å². The highest BCUT2D eigenvalue weighted by molar-refractivity contribution is 6.31. The maximum atomic E-state index is 12.3. The van der Waals surface area contributed by atoms with Crippen LogP contribution in [0.4, 0.5) is 11.4 Å². The lowest BCUT2D eigenvalue weighted by Crippen LogP contribution is -2.22. The van der Waals surface area contributed by atoms with Crippen LogP contribution in [-0.4, -0.2) is 10.9 Å². The van der Waals surface area contributed by atoms with Crippen LogP contribution < -0.4 is 10.6 Å². The molecule has 0 saturated heterocycles. The third-order valence-corrected chi connectivity index (χ3v) is 4.25. The lowest BCUT2D eigenvalue weighted by molar-refractivity contribution is 0.0950. The summed E-state index contributed by atoms with van der Waals surface area (Å²) in [6.45, 7) is 2.42. The second-order valence-corrected chi connectivity index (χ2v) is 6.08. The summed E-state index contributed by atoms with van der Waals surface area (Å²) in [5.41, 5.74) is 4.12. The van der Waals surface area contributed by atoms with Crippen molar-refractivity contribution < 1.29 is 4.79 Å². The number of nitrogens with zero attached hydrogens (tertiary/aromatic N) is 1. The molecule has 126 valence electrons. The van der Waals surface area contributed by atoms with Gasteiger partial charge in [-0.1, -0.05) is 48.0 Å². The molecular weight excluding hydrogens is 334 g/mol. The first-order chi connectivity index (χ1) is 12.1. The zero-order chi connectivity index (χ0) is 17.6. The van der Waals surface area contributed by atoms with Crippen LogP contribution in [0.5, 0.6) is 0 Å². The summed E-state index contributed by atoms with van der Waals surface area (Å²) < 4.78 is 0. The maximum Gasteiger partial charge on any atom is 0.253 e. The van der Waals surface area contributed by atoms with Crippen LogP contribution in [0, 0.1) is 6.92 Å². The Morgan fingerprint density at radius 2 is 1.88 bits per heavy atom. The number of carbonyl (C=O) groups excluding carboxylic acids is 1. The van der Waals surface area contributed by atoms with E-state index in [9.17, 15) is 4.79 Å². The Labute approximate surface area is 151 Å². The lowest BCUT2D eigenvalue weighted by Gasteiger charge is -2.11. The number of halogens is 1. The van der Waals surface area contributed by atoms with E-state index in [1.54, 1.807) is 18.5 Å². The van der Waals surface area contributed by atoms with E-state index in [1.165, 1.54) is 0 Å². The van der Waals surface area contributed by atoms with Gasteiger partial charge in [-0.05, 0) is 36.2 Å². The predicted molar refractivity (Wildman–Crippen MR) is 101 cm³/mol. The van der Waals surface area contributed by atoms with Crippen molar-refractivity contribution >= 4 is 28.9 Å². The number of aromatic nitrogens is 1. The van der Waals surface area contributed by atoms with E-state index in [0.717, 1.165) is 22.5 Å². The number of hydrogen-bond donors (Lipinski definition) is 2. The fourth-order valence-corrected chi connectivity index (χ4v) is 2.59. The van der Waals surface area contributed by atoms with E-state index in [1.807, 2.05) is 55.5 Å². The molecule has 2 N–H and O–H groups in total. The third kappa shape index (κ3) is 4.37. The molecule has 0 spiro atoms. The number of nitrogens with one attached hydrogen (secondary N) is 2. The summed E-state index contributed by atoms with van der Waals surface area (Å²) in [4.78, 5) is 16.5. The minimum Gasteiger partial charge on any atom is -0.354 e. The van der Waals surface area contributed by atoms with Crippen LogP contribution in [0.1, 0.15) is 21.5 Å². The molecule has 3 rings (SSSR count). The molecule has 0 aliphatic carbocycles. The summed E-state index contributed by atoms with van der Waals surface area (Å²) in [5.74, 6) is -0.164. The van der Waals surface area contributed by atoms with Crippen LogP contribution in [0.3, 0.4) is 0 Å². The minimum atomic E-state index is -0.164. The second-order valence-electron chi connectivity index (χ2n) is 5.67. The van der Waals surface area contributed by atoms with Crippen molar-refractivity contribution in [3.63, 3.8) is 0 Å². The molecule has 3 aromatic rings. The molecular formula is C20H18ClN3O. The van der Waals surface area contributed by atoms with Gasteiger partial charge >= 0.3 is 0 Å². The number of benzene rings is 2. The largest absolute Gasteiger partial charge is 0.354 e. The Balaban J connectivity index is 1.70. The molecule has 5 heteroatoms. The van der Waals surface area contributed by atoms with Gasteiger partial charge in [0.2, 0.25) is 0 Å².